The monoisotopic (exact) mass is 282 g/mol. The minimum atomic E-state index is -0.379. The molecule has 0 aliphatic carbocycles. The Kier molecular flexibility index (Phi) is 5.16. The van der Waals surface area contributed by atoms with Gasteiger partial charge in [-0.2, -0.15) is 0 Å². The first-order chi connectivity index (χ1) is 10.2. The van der Waals surface area contributed by atoms with Crippen molar-refractivity contribution in [3.8, 4) is 0 Å². The number of ether oxygens (including phenoxy) is 2. The molecule has 0 saturated heterocycles. The van der Waals surface area contributed by atoms with E-state index in [9.17, 15) is 4.79 Å². The molecule has 3 heteroatoms. The predicted molar refractivity (Wildman–Crippen MR) is 82.7 cm³/mol. The molecule has 0 atom stereocenters. The van der Waals surface area contributed by atoms with Crippen LogP contribution in [0.4, 0.5) is 0 Å². The molecular formula is C18H18O3. The first kappa shape index (κ1) is 14.9. The third-order valence-electron chi connectivity index (χ3n) is 2.98. The summed E-state index contributed by atoms with van der Waals surface area (Å²) in [5, 5.41) is 0. The van der Waals surface area contributed by atoms with Crippen LogP contribution >= 0.6 is 0 Å². The summed E-state index contributed by atoms with van der Waals surface area (Å²) >= 11 is 0. The molecule has 3 nitrogen and oxygen atoms in total. The lowest BCUT2D eigenvalue weighted by Gasteiger charge is -2.12. The topological polar surface area (TPSA) is 35.5 Å². The molecule has 0 aliphatic heterocycles. The van der Waals surface area contributed by atoms with Crippen molar-refractivity contribution >= 4 is 11.7 Å². The van der Waals surface area contributed by atoms with E-state index >= 15 is 0 Å². The summed E-state index contributed by atoms with van der Waals surface area (Å²) in [7, 11) is 0. The van der Waals surface area contributed by atoms with Gasteiger partial charge in [0.15, 0.2) is 0 Å². The third-order valence-corrected chi connectivity index (χ3v) is 2.98. The second-order valence-corrected chi connectivity index (χ2v) is 4.46. The second kappa shape index (κ2) is 7.29. The van der Waals surface area contributed by atoms with Crippen LogP contribution < -0.4 is 0 Å². The molecule has 0 unspecified atom stereocenters. The highest BCUT2D eigenvalue weighted by Gasteiger charge is 2.15. The van der Waals surface area contributed by atoms with Crippen molar-refractivity contribution in [2.45, 2.75) is 13.5 Å². The summed E-state index contributed by atoms with van der Waals surface area (Å²) in [6.45, 7) is 6.47. The fraction of sp³-hybridized carbons (Fsp3) is 0.167. The van der Waals surface area contributed by atoms with Gasteiger partial charge in [-0.15, -0.1) is 0 Å². The zero-order valence-electron chi connectivity index (χ0n) is 12.0. The highest BCUT2D eigenvalue weighted by Crippen LogP contribution is 2.20. The van der Waals surface area contributed by atoms with E-state index in [0.29, 0.717) is 23.5 Å². The van der Waals surface area contributed by atoms with E-state index in [1.54, 1.807) is 18.2 Å². The maximum atomic E-state index is 12.2. The Morgan fingerprint density at radius 3 is 2.24 bits per heavy atom. The van der Waals surface area contributed by atoms with Crippen LogP contribution in [0.1, 0.15) is 28.4 Å². The van der Waals surface area contributed by atoms with Gasteiger partial charge in [-0.3, -0.25) is 0 Å². The van der Waals surface area contributed by atoms with Crippen LogP contribution in [0.15, 0.2) is 61.2 Å². The molecule has 0 fully saturated rings. The van der Waals surface area contributed by atoms with Crippen molar-refractivity contribution in [3.05, 3.63) is 77.9 Å². The third kappa shape index (κ3) is 3.96. The molecule has 2 aromatic rings. The van der Waals surface area contributed by atoms with Crippen LogP contribution in [0.3, 0.4) is 0 Å². The van der Waals surface area contributed by atoms with Crippen LogP contribution in [0.25, 0.3) is 5.76 Å². The average Bonchev–Trinajstić information content (AvgIpc) is 2.54. The van der Waals surface area contributed by atoms with Crippen LogP contribution in [0.5, 0.6) is 0 Å². The SMILES string of the molecule is C=C(OCC)c1ccccc1C(=O)OCc1ccccc1. The highest BCUT2D eigenvalue weighted by atomic mass is 16.5. The molecule has 0 saturated carbocycles. The fourth-order valence-electron chi connectivity index (χ4n) is 1.96. The molecule has 0 radical (unpaired) electrons. The quantitative estimate of drug-likeness (QED) is 0.592. The van der Waals surface area contributed by atoms with Gasteiger partial charge in [-0.1, -0.05) is 55.1 Å². The Balaban J connectivity index is 2.10. The van der Waals surface area contributed by atoms with Gasteiger partial charge in [-0.05, 0) is 18.6 Å². The fourth-order valence-corrected chi connectivity index (χ4v) is 1.96. The van der Waals surface area contributed by atoms with E-state index in [4.69, 9.17) is 9.47 Å². The van der Waals surface area contributed by atoms with Gasteiger partial charge in [0, 0.05) is 5.56 Å². The molecule has 2 aromatic carbocycles. The Morgan fingerprint density at radius 1 is 0.952 bits per heavy atom. The normalized spacial score (nSPS) is 9.95. The van der Waals surface area contributed by atoms with Gasteiger partial charge in [0.1, 0.15) is 12.4 Å². The summed E-state index contributed by atoms with van der Waals surface area (Å²) in [4.78, 5) is 12.2. The number of esters is 1. The lowest BCUT2D eigenvalue weighted by atomic mass is 10.1. The van der Waals surface area contributed by atoms with Crippen molar-refractivity contribution in [1.29, 1.82) is 0 Å². The van der Waals surface area contributed by atoms with E-state index in [1.165, 1.54) is 0 Å². The number of hydrogen-bond acceptors (Lipinski definition) is 3. The Bertz CT molecular complexity index is 617. The van der Waals surface area contributed by atoms with Gasteiger partial charge in [-0.25, -0.2) is 4.79 Å². The van der Waals surface area contributed by atoms with E-state index in [2.05, 4.69) is 6.58 Å². The molecule has 0 aliphatic rings. The molecule has 108 valence electrons. The summed E-state index contributed by atoms with van der Waals surface area (Å²) in [6.07, 6.45) is 0. The lowest BCUT2D eigenvalue weighted by Crippen LogP contribution is -2.08. The van der Waals surface area contributed by atoms with Crippen molar-refractivity contribution in [2.24, 2.45) is 0 Å². The van der Waals surface area contributed by atoms with Crippen molar-refractivity contribution in [2.75, 3.05) is 6.61 Å². The molecular weight excluding hydrogens is 264 g/mol. The maximum Gasteiger partial charge on any atom is 0.339 e. The Hall–Kier alpha value is -2.55. The first-order valence-corrected chi connectivity index (χ1v) is 6.84. The van der Waals surface area contributed by atoms with E-state index in [-0.39, 0.29) is 12.6 Å². The minimum absolute atomic E-state index is 0.245. The minimum Gasteiger partial charge on any atom is -0.494 e. The van der Waals surface area contributed by atoms with Crippen LogP contribution in [0.2, 0.25) is 0 Å². The van der Waals surface area contributed by atoms with Gasteiger partial charge in [0.2, 0.25) is 0 Å². The molecule has 0 amide bonds. The predicted octanol–water partition coefficient (Wildman–Crippen LogP) is 4.05. The maximum absolute atomic E-state index is 12.2. The summed E-state index contributed by atoms with van der Waals surface area (Å²) < 4.78 is 10.7. The van der Waals surface area contributed by atoms with Crippen LogP contribution in [-0.2, 0) is 16.1 Å². The number of hydrogen-bond donors (Lipinski definition) is 0. The molecule has 0 spiro atoms. The smallest absolute Gasteiger partial charge is 0.339 e. The largest absolute Gasteiger partial charge is 0.494 e. The van der Waals surface area contributed by atoms with Crippen LogP contribution in [0, 0.1) is 0 Å². The summed E-state index contributed by atoms with van der Waals surface area (Å²) in [5.41, 5.74) is 2.08. The van der Waals surface area contributed by atoms with Gasteiger partial charge < -0.3 is 9.47 Å². The van der Waals surface area contributed by atoms with E-state index < -0.39 is 0 Å². The van der Waals surface area contributed by atoms with Crippen molar-refractivity contribution < 1.29 is 14.3 Å². The second-order valence-electron chi connectivity index (χ2n) is 4.46. The Morgan fingerprint density at radius 2 is 1.57 bits per heavy atom. The summed E-state index contributed by atoms with van der Waals surface area (Å²) in [5.74, 6) is 0.0973. The lowest BCUT2D eigenvalue weighted by molar-refractivity contribution is 0.0471. The van der Waals surface area contributed by atoms with Crippen LogP contribution in [-0.4, -0.2) is 12.6 Å². The zero-order valence-corrected chi connectivity index (χ0v) is 12.0. The number of benzene rings is 2. The number of carbonyl (C=O) groups excluding carboxylic acids is 1. The van der Waals surface area contributed by atoms with Gasteiger partial charge in [0.25, 0.3) is 0 Å². The molecule has 0 aromatic heterocycles. The van der Waals surface area contributed by atoms with Crippen molar-refractivity contribution in [1.82, 2.24) is 0 Å². The van der Waals surface area contributed by atoms with E-state index in [0.717, 1.165) is 5.56 Å². The average molecular weight is 282 g/mol. The molecule has 21 heavy (non-hydrogen) atoms. The molecule has 0 N–H and O–H groups in total. The van der Waals surface area contributed by atoms with E-state index in [1.807, 2.05) is 43.3 Å². The molecule has 2 rings (SSSR count). The zero-order chi connectivity index (χ0) is 15.1. The number of carbonyl (C=O) groups is 1. The highest BCUT2D eigenvalue weighted by molar-refractivity contribution is 5.94. The van der Waals surface area contributed by atoms with Gasteiger partial charge in [0.05, 0.1) is 12.2 Å². The first-order valence-electron chi connectivity index (χ1n) is 6.84. The summed E-state index contributed by atoms with van der Waals surface area (Å²) in [6, 6.07) is 16.7. The standard InChI is InChI=1S/C18H18O3/c1-3-20-14(2)16-11-7-8-12-17(16)18(19)21-13-15-9-5-4-6-10-15/h4-12H,2-3,13H2,1H3. The number of rotatable bonds is 6. The molecule has 0 bridgehead atoms. The van der Waals surface area contributed by atoms with Gasteiger partial charge >= 0.3 is 5.97 Å². The molecule has 0 heterocycles. The Labute approximate surface area is 124 Å². The van der Waals surface area contributed by atoms with Crippen molar-refractivity contribution in [3.63, 3.8) is 0 Å².